The first-order valence-corrected chi connectivity index (χ1v) is 6.43. The smallest absolute Gasteiger partial charge is 0.251 e. The van der Waals surface area contributed by atoms with Crippen molar-refractivity contribution in [2.45, 2.75) is 26.8 Å². The van der Waals surface area contributed by atoms with Crippen molar-refractivity contribution >= 4 is 16.9 Å². The molecule has 2 aromatic rings. The van der Waals surface area contributed by atoms with E-state index in [1.807, 2.05) is 26.8 Å². The maximum Gasteiger partial charge on any atom is 0.251 e. The largest absolute Gasteiger partial charge is 0.461 e. The monoisotopic (exact) mass is 261 g/mol. The molecule has 2 N–H and O–H groups in total. The Bertz CT molecular complexity index is 586. The molecule has 19 heavy (non-hydrogen) atoms. The third kappa shape index (κ3) is 2.96. The third-order valence-electron chi connectivity index (χ3n) is 3.22. The number of hydrogen-bond acceptors (Lipinski definition) is 3. The summed E-state index contributed by atoms with van der Waals surface area (Å²) in [6, 6.07) is 7.00. The lowest BCUT2D eigenvalue weighted by molar-refractivity contribution is 0.0897. The van der Waals surface area contributed by atoms with Crippen LogP contribution in [0.15, 0.2) is 28.7 Å². The van der Waals surface area contributed by atoms with Gasteiger partial charge >= 0.3 is 0 Å². The Kier molecular flexibility index (Phi) is 3.90. The molecular formula is C15H19NO3. The van der Waals surface area contributed by atoms with Crippen LogP contribution in [-0.2, 0) is 0 Å². The molecular weight excluding hydrogens is 242 g/mol. The Morgan fingerprint density at radius 2 is 2.11 bits per heavy atom. The number of hydrogen-bond donors (Lipinski definition) is 2. The van der Waals surface area contributed by atoms with Crippen LogP contribution in [0.25, 0.3) is 11.0 Å². The number of benzene rings is 1. The van der Waals surface area contributed by atoms with Gasteiger partial charge in [0.25, 0.3) is 5.91 Å². The van der Waals surface area contributed by atoms with Crippen LogP contribution in [0.1, 0.15) is 30.0 Å². The van der Waals surface area contributed by atoms with Gasteiger partial charge in [0.05, 0.1) is 12.6 Å². The molecule has 4 nitrogen and oxygen atoms in total. The van der Waals surface area contributed by atoms with Gasteiger partial charge in [-0.2, -0.15) is 0 Å². The molecule has 0 spiro atoms. The third-order valence-corrected chi connectivity index (χ3v) is 3.22. The second kappa shape index (κ2) is 5.45. The molecule has 1 aromatic heterocycles. The number of carbonyl (C=O) groups excluding carboxylic acids is 1. The van der Waals surface area contributed by atoms with E-state index in [1.165, 1.54) is 0 Å². The highest BCUT2D eigenvalue weighted by Crippen LogP contribution is 2.20. The Hall–Kier alpha value is -1.81. The lowest BCUT2D eigenvalue weighted by atomic mass is 10.0. The number of amides is 1. The Balaban J connectivity index is 2.21. The minimum atomic E-state index is -0.228. The highest BCUT2D eigenvalue weighted by atomic mass is 16.3. The molecule has 1 amide bonds. The number of aliphatic hydroxyl groups excluding tert-OH is 1. The molecule has 1 unspecified atom stereocenters. The predicted molar refractivity (Wildman–Crippen MR) is 74.1 cm³/mol. The topological polar surface area (TPSA) is 62.5 Å². The standard InChI is InChI=1S/C15H19NO3/c1-9(2)13(8-17)16-15(18)11-4-5-14-12(7-11)6-10(3)19-14/h4-7,9,13,17H,8H2,1-3H3,(H,16,18). The number of nitrogens with one attached hydrogen (secondary N) is 1. The average molecular weight is 261 g/mol. The van der Waals surface area contributed by atoms with Crippen molar-refractivity contribution in [1.29, 1.82) is 0 Å². The molecule has 102 valence electrons. The number of rotatable bonds is 4. The molecule has 0 aliphatic carbocycles. The minimum absolute atomic E-state index is 0.0591. The molecule has 1 aromatic carbocycles. The lowest BCUT2D eigenvalue weighted by Gasteiger charge is -2.19. The summed E-state index contributed by atoms with van der Waals surface area (Å²) in [5.74, 6) is 0.838. The fourth-order valence-electron chi connectivity index (χ4n) is 1.99. The normalized spacial score (nSPS) is 12.9. The summed E-state index contributed by atoms with van der Waals surface area (Å²) in [5, 5.41) is 13.0. The van der Waals surface area contributed by atoms with Gasteiger partial charge in [-0.05, 0) is 37.1 Å². The van der Waals surface area contributed by atoms with Gasteiger partial charge in [0.2, 0.25) is 0 Å². The number of aliphatic hydroxyl groups is 1. The molecule has 0 bridgehead atoms. The van der Waals surface area contributed by atoms with Crippen LogP contribution in [0.2, 0.25) is 0 Å². The zero-order valence-electron chi connectivity index (χ0n) is 11.4. The number of carbonyl (C=O) groups is 1. The maximum atomic E-state index is 12.1. The number of furan rings is 1. The van der Waals surface area contributed by atoms with Crippen LogP contribution in [0.3, 0.4) is 0 Å². The van der Waals surface area contributed by atoms with Crippen LogP contribution in [0.5, 0.6) is 0 Å². The van der Waals surface area contributed by atoms with E-state index in [9.17, 15) is 9.90 Å². The summed E-state index contributed by atoms with van der Waals surface area (Å²) >= 11 is 0. The molecule has 0 fully saturated rings. The summed E-state index contributed by atoms with van der Waals surface area (Å²) in [6.45, 7) is 5.74. The molecule has 1 heterocycles. The highest BCUT2D eigenvalue weighted by molar-refractivity contribution is 5.98. The Morgan fingerprint density at radius 3 is 2.74 bits per heavy atom. The average Bonchev–Trinajstić information content (AvgIpc) is 2.74. The van der Waals surface area contributed by atoms with Crippen molar-refractivity contribution in [2.75, 3.05) is 6.61 Å². The van der Waals surface area contributed by atoms with Gasteiger partial charge < -0.3 is 14.8 Å². The molecule has 1 atom stereocenters. The number of fused-ring (bicyclic) bond motifs is 1. The van der Waals surface area contributed by atoms with Gasteiger partial charge in [0, 0.05) is 10.9 Å². The summed E-state index contributed by atoms with van der Waals surface area (Å²) in [5.41, 5.74) is 1.35. The van der Waals surface area contributed by atoms with E-state index >= 15 is 0 Å². The van der Waals surface area contributed by atoms with Crippen molar-refractivity contribution in [3.63, 3.8) is 0 Å². The summed E-state index contributed by atoms with van der Waals surface area (Å²) < 4.78 is 5.47. The van der Waals surface area contributed by atoms with Crippen molar-refractivity contribution in [3.05, 3.63) is 35.6 Å². The van der Waals surface area contributed by atoms with Crippen molar-refractivity contribution < 1.29 is 14.3 Å². The van der Waals surface area contributed by atoms with Gasteiger partial charge in [-0.25, -0.2) is 0 Å². The van der Waals surface area contributed by atoms with E-state index in [2.05, 4.69) is 5.32 Å². The quantitative estimate of drug-likeness (QED) is 0.888. The second-order valence-corrected chi connectivity index (χ2v) is 5.12. The SMILES string of the molecule is Cc1cc2cc(C(=O)NC(CO)C(C)C)ccc2o1. The van der Waals surface area contributed by atoms with Crippen LogP contribution >= 0.6 is 0 Å². The van der Waals surface area contributed by atoms with E-state index < -0.39 is 0 Å². The lowest BCUT2D eigenvalue weighted by Crippen LogP contribution is -2.41. The molecule has 0 aliphatic heterocycles. The Morgan fingerprint density at radius 1 is 1.37 bits per heavy atom. The first-order valence-electron chi connectivity index (χ1n) is 6.43. The highest BCUT2D eigenvalue weighted by Gasteiger charge is 2.16. The molecule has 0 saturated carbocycles. The van der Waals surface area contributed by atoms with Crippen molar-refractivity contribution in [2.24, 2.45) is 5.92 Å². The van der Waals surface area contributed by atoms with E-state index in [0.29, 0.717) is 5.56 Å². The second-order valence-electron chi connectivity index (χ2n) is 5.12. The molecule has 0 saturated heterocycles. The van der Waals surface area contributed by atoms with E-state index in [-0.39, 0.29) is 24.5 Å². The fraction of sp³-hybridized carbons (Fsp3) is 0.400. The zero-order chi connectivity index (χ0) is 14.0. The van der Waals surface area contributed by atoms with Crippen LogP contribution < -0.4 is 5.32 Å². The summed E-state index contributed by atoms with van der Waals surface area (Å²) in [7, 11) is 0. The fourth-order valence-corrected chi connectivity index (χ4v) is 1.99. The van der Waals surface area contributed by atoms with Crippen molar-refractivity contribution in [3.8, 4) is 0 Å². The number of aryl methyl sites for hydroxylation is 1. The van der Waals surface area contributed by atoms with Gasteiger partial charge in [-0.1, -0.05) is 13.8 Å². The first kappa shape index (κ1) is 13.6. The summed E-state index contributed by atoms with van der Waals surface area (Å²) in [4.78, 5) is 12.1. The minimum Gasteiger partial charge on any atom is -0.461 e. The first-order chi connectivity index (χ1) is 9.01. The Labute approximate surface area is 112 Å². The van der Waals surface area contributed by atoms with E-state index in [1.54, 1.807) is 18.2 Å². The van der Waals surface area contributed by atoms with Crippen LogP contribution in [0, 0.1) is 12.8 Å². The van der Waals surface area contributed by atoms with E-state index in [0.717, 1.165) is 16.7 Å². The van der Waals surface area contributed by atoms with Gasteiger partial charge in [-0.3, -0.25) is 4.79 Å². The molecule has 4 heteroatoms. The maximum absolute atomic E-state index is 12.1. The molecule has 0 aliphatic rings. The molecule has 2 rings (SSSR count). The van der Waals surface area contributed by atoms with Gasteiger partial charge in [-0.15, -0.1) is 0 Å². The zero-order valence-corrected chi connectivity index (χ0v) is 11.4. The van der Waals surface area contributed by atoms with Crippen molar-refractivity contribution in [1.82, 2.24) is 5.32 Å². The van der Waals surface area contributed by atoms with Gasteiger partial charge in [0.1, 0.15) is 11.3 Å². The summed E-state index contributed by atoms with van der Waals surface area (Å²) in [6.07, 6.45) is 0. The van der Waals surface area contributed by atoms with Crippen LogP contribution in [0.4, 0.5) is 0 Å². The van der Waals surface area contributed by atoms with E-state index in [4.69, 9.17) is 4.42 Å². The van der Waals surface area contributed by atoms with Gasteiger partial charge in [0.15, 0.2) is 0 Å². The predicted octanol–water partition coefficient (Wildman–Crippen LogP) is 2.49. The molecule has 0 radical (unpaired) electrons. The van der Waals surface area contributed by atoms with Crippen LogP contribution in [-0.4, -0.2) is 23.7 Å².